The maximum absolute atomic E-state index is 12.8. The van der Waals surface area contributed by atoms with Crippen molar-refractivity contribution in [2.45, 2.75) is 6.42 Å². The van der Waals surface area contributed by atoms with Crippen molar-refractivity contribution in [3.05, 3.63) is 54.3 Å². The fourth-order valence-corrected chi connectivity index (χ4v) is 3.04. The average Bonchev–Trinajstić information content (AvgIpc) is 3.02. The van der Waals surface area contributed by atoms with Crippen LogP contribution in [0.4, 0.5) is 11.4 Å². The molecule has 1 aliphatic heterocycles. The Morgan fingerprint density at radius 1 is 1.28 bits per heavy atom. The number of hydrogen-bond donors (Lipinski definition) is 1. The number of para-hydroxylation sites is 2. The number of rotatable bonds is 3. The highest BCUT2D eigenvalue weighted by Gasteiger charge is 2.27. The number of amides is 2. The minimum Gasteiger partial charge on any atom is -0.497 e. The highest BCUT2D eigenvalue weighted by Crippen LogP contribution is 2.31. The Kier molecular flexibility index (Phi) is 3.65. The molecule has 0 radical (unpaired) electrons. The molecule has 6 heteroatoms. The molecule has 0 saturated heterocycles. The summed E-state index contributed by atoms with van der Waals surface area (Å²) in [6, 6.07) is 12.8. The Morgan fingerprint density at radius 2 is 2.12 bits per heavy atom. The lowest BCUT2D eigenvalue weighted by molar-refractivity contribution is -0.121. The Morgan fingerprint density at radius 3 is 2.96 bits per heavy atom. The highest BCUT2D eigenvalue weighted by atomic mass is 16.5. The minimum absolute atomic E-state index is 0.0133. The Labute approximate surface area is 144 Å². The molecule has 0 unspecified atom stereocenters. The zero-order valence-corrected chi connectivity index (χ0v) is 13.6. The molecule has 3 aromatic rings. The van der Waals surface area contributed by atoms with Gasteiger partial charge in [-0.1, -0.05) is 12.1 Å². The van der Waals surface area contributed by atoms with Gasteiger partial charge < -0.3 is 19.4 Å². The number of nitrogens with zero attached hydrogens (tertiary/aromatic N) is 1. The van der Waals surface area contributed by atoms with Crippen molar-refractivity contribution in [1.29, 1.82) is 0 Å². The molecule has 1 N–H and O–H groups in total. The molecule has 126 valence electrons. The zero-order chi connectivity index (χ0) is 17.4. The molecule has 2 amide bonds. The number of fused-ring (bicyclic) bond motifs is 2. The molecular formula is C19H16N2O4. The van der Waals surface area contributed by atoms with E-state index in [9.17, 15) is 9.59 Å². The Balaban J connectivity index is 1.64. The summed E-state index contributed by atoms with van der Waals surface area (Å²) in [6.07, 6.45) is 1.73. The number of methoxy groups -OCH3 is 1. The van der Waals surface area contributed by atoms with E-state index < -0.39 is 0 Å². The quantitative estimate of drug-likeness (QED) is 0.798. The van der Waals surface area contributed by atoms with Gasteiger partial charge in [0.25, 0.3) is 0 Å². The van der Waals surface area contributed by atoms with Crippen LogP contribution < -0.4 is 15.0 Å². The average molecular weight is 336 g/mol. The summed E-state index contributed by atoms with van der Waals surface area (Å²) in [5.74, 6) is 0.344. The van der Waals surface area contributed by atoms with Crippen LogP contribution >= 0.6 is 0 Å². The predicted molar refractivity (Wildman–Crippen MR) is 93.9 cm³/mol. The lowest BCUT2D eigenvalue weighted by Crippen LogP contribution is -2.42. The topological polar surface area (TPSA) is 71.8 Å². The first-order chi connectivity index (χ1) is 12.2. The first-order valence-corrected chi connectivity index (χ1v) is 7.89. The fourth-order valence-electron chi connectivity index (χ4n) is 3.04. The summed E-state index contributed by atoms with van der Waals surface area (Å²) < 4.78 is 10.7. The van der Waals surface area contributed by atoms with Crippen molar-refractivity contribution < 1.29 is 18.7 Å². The second-order valence-electron chi connectivity index (χ2n) is 5.85. The number of carbonyl (C=O) groups excluding carboxylic acids is 2. The molecule has 0 atom stereocenters. The van der Waals surface area contributed by atoms with Crippen LogP contribution in [0, 0.1) is 0 Å². The third kappa shape index (κ3) is 2.71. The van der Waals surface area contributed by atoms with Gasteiger partial charge in [0, 0.05) is 17.0 Å². The molecule has 0 fully saturated rings. The van der Waals surface area contributed by atoms with Gasteiger partial charge in [0.2, 0.25) is 11.8 Å². The van der Waals surface area contributed by atoms with E-state index in [1.54, 1.807) is 25.5 Å². The van der Waals surface area contributed by atoms with Gasteiger partial charge in [-0.15, -0.1) is 0 Å². The highest BCUT2D eigenvalue weighted by molar-refractivity contribution is 6.10. The van der Waals surface area contributed by atoms with E-state index in [0.717, 1.165) is 10.9 Å². The monoisotopic (exact) mass is 336 g/mol. The zero-order valence-electron chi connectivity index (χ0n) is 13.6. The molecule has 25 heavy (non-hydrogen) atoms. The Hall–Kier alpha value is -3.28. The number of furan rings is 1. The van der Waals surface area contributed by atoms with E-state index in [0.29, 0.717) is 22.7 Å². The standard InChI is InChI=1S/C19H16N2O4/c1-24-13-6-7-14-12(11-25-17(14)9-13)8-19(23)21-10-18(22)20-15-4-2-3-5-16(15)21/h2-7,9,11H,8,10H2,1H3,(H,20,22). The molecule has 4 rings (SSSR count). The van der Waals surface area contributed by atoms with E-state index in [1.807, 2.05) is 30.3 Å². The summed E-state index contributed by atoms with van der Waals surface area (Å²) in [6.45, 7) is 0.0133. The molecule has 0 aliphatic carbocycles. The van der Waals surface area contributed by atoms with Crippen LogP contribution in [0.15, 0.2) is 53.1 Å². The molecule has 0 bridgehead atoms. The van der Waals surface area contributed by atoms with Crippen LogP contribution in [0.3, 0.4) is 0 Å². The summed E-state index contributed by atoms with van der Waals surface area (Å²) >= 11 is 0. The largest absolute Gasteiger partial charge is 0.497 e. The minimum atomic E-state index is -0.200. The molecule has 2 aromatic carbocycles. The third-order valence-electron chi connectivity index (χ3n) is 4.28. The molecule has 0 spiro atoms. The predicted octanol–water partition coefficient (Wildman–Crippen LogP) is 2.97. The van der Waals surface area contributed by atoms with Gasteiger partial charge in [-0.3, -0.25) is 9.59 Å². The first-order valence-electron chi connectivity index (χ1n) is 7.89. The lowest BCUT2D eigenvalue weighted by atomic mass is 10.1. The molecule has 1 aliphatic rings. The van der Waals surface area contributed by atoms with E-state index >= 15 is 0 Å². The van der Waals surface area contributed by atoms with Crippen LogP contribution in [0.1, 0.15) is 5.56 Å². The van der Waals surface area contributed by atoms with E-state index in [4.69, 9.17) is 9.15 Å². The summed E-state index contributed by atoms with van der Waals surface area (Å²) in [7, 11) is 1.59. The summed E-state index contributed by atoms with van der Waals surface area (Å²) in [5, 5.41) is 3.65. The molecule has 2 heterocycles. The van der Waals surface area contributed by atoms with Crippen molar-refractivity contribution in [3.63, 3.8) is 0 Å². The van der Waals surface area contributed by atoms with Crippen LogP contribution in [0.25, 0.3) is 11.0 Å². The first kappa shape index (κ1) is 15.3. The number of ether oxygens (including phenoxy) is 1. The normalized spacial score (nSPS) is 13.5. The number of nitrogens with one attached hydrogen (secondary N) is 1. The second kappa shape index (κ2) is 5.98. The van der Waals surface area contributed by atoms with Crippen molar-refractivity contribution in [2.24, 2.45) is 0 Å². The fraction of sp³-hybridized carbons (Fsp3) is 0.158. The molecular weight excluding hydrogens is 320 g/mol. The molecule has 6 nitrogen and oxygen atoms in total. The number of benzene rings is 2. The number of hydrogen-bond acceptors (Lipinski definition) is 4. The lowest BCUT2D eigenvalue weighted by Gasteiger charge is -2.29. The SMILES string of the molecule is COc1ccc2c(CC(=O)N3CC(=O)Nc4ccccc43)coc2c1. The summed E-state index contributed by atoms with van der Waals surface area (Å²) in [5.41, 5.74) is 2.81. The molecule has 0 saturated carbocycles. The van der Waals surface area contributed by atoms with Crippen molar-refractivity contribution in [2.75, 3.05) is 23.9 Å². The molecule has 1 aromatic heterocycles. The smallest absolute Gasteiger partial charge is 0.244 e. The van der Waals surface area contributed by atoms with Gasteiger partial charge in [-0.25, -0.2) is 0 Å². The number of anilines is 2. The van der Waals surface area contributed by atoms with Crippen LogP contribution in [0.2, 0.25) is 0 Å². The Bertz CT molecular complexity index is 976. The van der Waals surface area contributed by atoms with Crippen molar-refractivity contribution in [1.82, 2.24) is 0 Å². The maximum atomic E-state index is 12.8. The van der Waals surface area contributed by atoms with Crippen LogP contribution in [-0.2, 0) is 16.0 Å². The van der Waals surface area contributed by atoms with Crippen LogP contribution in [0.5, 0.6) is 5.75 Å². The third-order valence-corrected chi connectivity index (χ3v) is 4.28. The van der Waals surface area contributed by atoms with Gasteiger partial charge in [0.15, 0.2) is 0 Å². The second-order valence-corrected chi connectivity index (χ2v) is 5.85. The summed E-state index contributed by atoms with van der Waals surface area (Å²) in [4.78, 5) is 26.2. The van der Waals surface area contributed by atoms with Gasteiger partial charge >= 0.3 is 0 Å². The van der Waals surface area contributed by atoms with Crippen LogP contribution in [-0.4, -0.2) is 25.5 Å². The van der Waals surface area contributed by atoms with Crippen molar-refractivity contribution in [3.8, 4) is 5.75 Å². The maximum Gasteiger partial charge on any atom is 0.244 e. The van der Waals surface area contributed by atoms with E-state index in [-0.39, 0.29) is 24.8 Å². The van der Waals surface area contributed by atoms with E-state index in [1.165, 1.54) is 4.90 Å². The van der Waals surface area contributed by atoms with Crippen molar-refractivity contribution >= 4 is 34.2 Å². The number of carbonyl (C=O) groups is 2. The van der Waals surface area contributed by atoms with Gasteiger partial charge in [-0.2, -0.15) is 0 Å². The van der Waals surface area contributed by atoms with Gasteiger partial charge in [0.1, 0.15) is 17.9 Å². The van der Waals surface area contributed by atoms with E-state index in [2.05, 4.69) is 5.32 Å². The van der Waals surface area contributed by atoms with Gasteiger partial charge in [-0.05, 0) is 24.3 Å². The van der Waals surface area contributed by atoms with Gasteiger partial charge in [0.05, 0.1) is 31.2 Å².